The summed E-state index contributed by atoms with van der Waals surface area (Å²) in [5.74, 6) is 0.0165. The van der Waals surface area contributed by atoms with E-state index >= 15 is 0 Å². The third-order valence-corrected chi connectivity index (χ3v) is 8.78. The molecular formula is C28H26N2O6S. The van der Waals surface area contributed by atoms with Crippen LogP contribution in [0.25, 0.3) is 11.0 Å². The van der Waals surface area contributed by atoms with Gasteiger partial charge in [-0.2, -0.15) is 4.31 Å². The maximum atomic E-state index is 14.2. The van der Waals surface area contributed by atoms with Gasteiger partial charge in [0.15, 0.2) is 0 Å². The standard InChI is InChI=1S/C28H26N2O6S/c1-17-13-18(2)27(19(3)14-17)37(34,35)29(28(31)20-7-6-8-22(15-20)30(32)33)21-11-12-26-24(16-21)23-9-4-5-10-25(23)36-26/h6-8,11-16H,4-5,9-10H2,1-3H3. The number of nitro groups is 1. The molecule has 1 heterocycles. The van der Waals surface area contributed by atoms with Gasteiger partial charge in [0.25, 0.3) is 21.6 Å². The Morgan fingerprint density at radius 1 is 0.973 bits per heavy atom. The predicted octanol–water partition coefficient (Wildman–Crippen LogP) is 6.18. The van der Waals surface area contributed by atoms with E-state index in [1.165, 1.54) is 18.2 Å². The third-order valence-electron chi connectivity index (χ3n) is 6.76. The van der Waals surface area contributed by atoms with E-state index in [1.54, 1.807) is 44.2 Å². The van der Waals surface area contributed by atoms with Crippen molar-refractivity contribution >= 4 is 38.3 Å². The number of non-ortho nitro benzene ring substituents is 1. The fourth-order valence-corrected chi connectivity index (χ4v) is 7.11. The molecule has 4 aromatic rings. The highest BCUT2D eigenvalue weighted by Gasteiger charge is 2.35. The van der Waals surface area contributed by atoms with Crippen LogP contribution in [0.2, 0.25) is 0 Å². The maximum Gasteiger partial charge on any atom is 0.272 e. The third kappa shape index (κ3) is 4.29. The fourth-order valence-electron chi connectivity index (χ4n) is 5.28. The lowest BCUT2D eigenvalue weighted by Gasteiger charge is -2.25. The first kappa shape index (κ1) is 24.7. The van der Waals surface area contributed by atoms with Crippen LogP contribution in [0.4, 0.5) is 11.4 Å². The van der Waals surface area contributed by atoms with Gasteiger partial charge in [-0.05, 0) is 75.4 Å². The van der Waals surface area contributed by atoms with Crippen molar-refractivity contribution < 1.29 is 22.6 Å². The topological polar surface area (TPSA) is 111 Å². The van der Waals surface area contributed by atoms with E-state index in [-0.39, 0.29) is 21.8 Å². The molecule has 0 atom stereocenters. The van der Waals surface area contributed by atoms with Crippen LogP contribution < -0.4 is 4.31 Å². The Labute approximate surface area is 214 Å². The summed E-state index contributed by atoms with van der Waals surface area (Å²) in [5, 5.41) is 12.1. The van der Waals surface area contributed by atoms with Gasteiger partial charge in [-0.3, -0.25) is 14.9 Å². The molecule has 0 N–H and O–H groups in total. The molecule has 1 aliphatic rings. The molecule has 0 fully saturated rings. The van der Waals surface area contributed by atoms with E-state index in [0.717, 1.165) is 58.3 Å². The van der Waals surface area contributed by atoms with Gasteiger partial charge in [-0.1, -0.05) is 23.8 Å². The highest BCUT2D eigenvalue weighted by Crippen LogP contribution is 2.37. The molecule has 5 rings (SSSR count). The number of hydrogen-bond donors (Lipinski definition) is 0. The highest BCUT2D eigenvalue weighted by atomic mass is 32.2. The highest BCUT2D eigenvalue weighted by molar-refractivity contribution is 7.93. The lowest BCUT2D eigenvalue weighted by atomic mass is 9.96. The number of fused-ring (bicyclic) bond motifs is 3. The second kappa shape index (κ2) is 9.15. The second-order valence-electron chi connectivity index (χ2n) is 9.50. The zero-order valence-electron chi connectivity index (χ0n) is 20.8. The second-order valence-corrected chi connectivity index (χ2v) is 11.2. The molecule has 9 heteroatoms. The summed E-state index contributed by atoms with van der Waals surface area (Å²) in [4.78, 5) is 24.7. The largest absolute Gasteiger partial charge is 0.461 e. The Morgan fingerprint density at radius 3 is 2.38 bits per heavy atom. The summed E-state index contributed by atoms with van der Waals surface area (Å²) in [7, 11) is -4.40. The van der Waals surface area contributed by atoms with E-state index in [0.29, 0.717) is 16.7 Å². The smallest absolute Gasteiger partial charge is 0.272 e. The molecule has 0 spiro atoms. The maximum absolute atomic E-state index is 14.2. The van der Waals surface area contributed by atoms with E-state index in [1.807, 2.05) is 6.92 Å². The Morgan fingerprint density at radius 2 is 1.68 bits per heavy atom. The summed E-state index contributed by atoms with van der Waals surface area (Å²) in [6, 6.07) is 13.5. The number of benzene rings is 3. The van der Waals surface area contributed by atoms with Crippen LogP contribution >= 0.6 is 0 Å². The van der Waals surface area contributed by atoms with Gasteiger partial charge in [0, 0.05) is 35.1 Å². The molecule has 0 saturated heterocycles. The number of carbonyl (C=O) groups is 1. The molecule has 0 radical (unpaired) electrons. The van der Waals surface area contributed by atoms with Gasteiger partial charge in [0.2, 0.25) is 0 Å². The molecule has 3 aromatic carbocycles. The number of amides is 1. The molecule has 37 heavy (non-hydrogen) atoms. The van der Waals surface area contributed by atoms with Crippen molar-refractivity contribution in [1.29, 1.82) is 0 Å². The van der Waals surface area contributed by atoms with Gasteiger partial charge in [0.05, 0.1) is 15.5 Å². The quantitative estimate of drug-likeness (QED) is 0.230. The number of aryl methyl sites for hydroxylation is 5. The summed E-state index contributed by atoms with van der Waals surface area (Å²) in [6.07, 6.45) is 3.66. The number of sulfonamides is 1. The van der Waals surface area contributed by atoms with Gasteiger partial charge in [-0.25, -0.2) is 8.42 Å². The molecule has 0 unspecified atom stereocenters. The minimum absolute atomic E-state index is 0.0335. The average Bonchev–Trinajstić information content (AvgIpc) is 3.21. The monoisotopic (exact) mass is 518 g/mol. The molecule has 0 aliphatic heterocycles. The van der Waals surface area contributed by atoms with Crippen LogP contribution in [0.15, 0.2) is 63.9 Å². The van der Waals surface area contributed by atoms with Crippen LogP contribution in [0.5, 0.6) is 0 Å². The van der Waals surface area contributed by atoms with E-state index in [9.17, 15) is 23.3 Å². The Bertz CT molecular complexity index is 1660. The molecule has 1 aromatic heterocycles. The number of nitro benzene ring substituents is 1. The van der Waals surface area contributed by atoms with Gasteiger partial charge in [-0.15, -0.1) is 0 Å². The zero-order valence-corrected chi connectivity index (χ0v) is 21.6. The van der Waals surface area contributed by atoms with Crippen LogP contribution in [-0.2, 0) is 22.9 Å². The van der Waals surface area contributed by atoms with Crippen molar-refractivity contribution in [2.75, 3.05) is 4.31 Å². The van der Waals surface area contributed by atoms with E-state index in [2.05, 4.69) is 0 Å². The van der Waals surface area contributed by atoms with E-state index in [4.69, 9.17) is 4.42 Å². The molecule has 8 nitrogen and oxygen atoms in total. The Hall–Kier alpha value is -3.98. The summed E-state index contributed by atoms with van der Waals surface area (Å²) < 4.78 is 35.2. The molecule has 1 aliphatic carbocycles. The molecule has 0 saturated carbocycles. The number of furan rings is 1. The first-order valence-electron chi connectivity index (χ1n) is 12.0. The van der Waals surface area contributed by atoms with E-state index < -0.39 is 20.9 Å². The van der Waals surface area contributed by atoms with Gasteiger partial charge < -0.3 is 4.42 Å². The number of hydrogen-bond acceptors (Lipinski definition) is 6. The number of nitrogens with zero attached hydrogens (tertiary/aromatic N) is 2. The Balaban J connectivity index is 1.74. The molecule has 190 valence electrons. The SMILES string of the molecule is Cc1cc(C)c(S(=O)(=O)N(C(=O)c2cccc([N+](=O)[O-])c2)c2ccc3oc4c(c3c2)CCCC4)c(C)c1. The van der Waals surface area contributed by atoms with Crippen molar-refractivity contribution in [2.45, 2.75) is 51.3 Å². The predicted molar refractivity (Wildman–Crippen MR) is 141 cm³/mol. The summed E-state index contributed by atoms with van der Waals surface area (Å²) in [5.41, 5.74) is 3.34. The van der Waals surface area contributed by atoms with Crippen molar-refractivity contribution in [1.82, 2.24) is 0 Å². The van der Waals surface area contributed by atoms with Crippen LogP contribution in [-0.4, -0.2) is 19.2 Å². The van der Waals surface area contributed by atoms with Crippen molar-refractivity contribution in [3.05, 3.63) is 98.3 Å². The van der Waals surface area contributed by atoms with Crippen LogP contribution in [0, 0.1) is 30.9 Å². The molecular weight excluding hydrogens is 492 g/mol. The van der Waals surface area contributed by atoms with Crippen LogP contribution in [0.3, 0.4) is 0 Å². The first-order chi connectivity index (χ1) is 17.6. The minimum Gasteiger partial charge on any atom is -0.461 e. The number of carbonyl (C=O) groups excluding carboxylic acids is 1. The zero-order chi connectivity index (χ0) is 26.5. The van der Waals surface area contributed by atoms with Crippen LogP contribution in [0.1, 0.15) is 51.2 Å². The number of anilines is 1. The average molecular weight is 519 g/mol. The number of rotatable bonds is 5. The van der Waals surface area contributed by atoms with Crippen molar-refractivity contribution in [3.8, 4) is 0 Å². The fraction of sp³-hybridized carbons (Fsp3) is 0.250. The van der Waals surface area contributed by atoms with Crippen molar-refractivity contribution in [2.24, 2.45) is 0 Å². The molecule has 0 bridgehead atoms. The first-order valence-corrected chi connectivity index (χ1v) is 13.5. The van der Waals surface area contributed by atoms with Gasteiger partial charge in [0.1, 0.15) is 11.3 Å². The summed E-state index contributed by atoms with van der Waals surface area (Å²) in [6.45, 7) is 5.26. The van der Waals surface area contributed by atoms with Gasteiger partial charge >= 0.3 is 0 Å². The normalized spacial score (nSPS) is 13.4. The Kier molecular flexibility index (Phi) is 6.11. The van der Waals surface area contributed by atoms with Crippen molar-refractivity contribution in [3.63, 3.8) is 0 Å². The summed E-state index contributed by atoms with van der Waals surface area (Å²) >= 11 is 0. The molecule has 1 amide bonds. The lowest BCUT2D eigenvalue weighted by Crippen LogP contribution is -2.38. The minimum atomic E-state index is -4.40. The lowest BCUT2D eigenvalue weighted by molar-refractivity contribution is -0.384.